The zero-order valence-electron chi connectivity index (χ0n) is 8.64. The molecule has 76 valence electrons. The molecular formula is C11H17N3. The van der Waals surface area contributed by atoms with Crippen molar-refractivity contribution in [3.05, 3.63) is 11.3 Å². The van der Waals surface area contributed by atoms with Crippen LogP contribution in [0, 0.1) is 12.3 Å². The minimum absolute atomic E-state index is 0.643. The van der Waals surface area contributed by atoms with Crippen molar-refractivity contribution in [1.82, 2.24) is 10.2 Å². The van der Waals surface area contributed by atoms with Crippen LogP contribution in [0.2, 0.25) is 0 Å². The molecule has 1 aromatic rings. The van der Waals surface area contributed by atoms with Crippen LogP contribution in [0.4, 0.5) is 5.82 Å². The molecule has 14 heavy (non-hydrogen) atoms. The molecule has 1 unspecified atom stereocenters. The lowest BCUT2D eigenvalue weighted by atomic mass is 9.88. The van der Waals surface area contributed by atoms with Crippen molar-refractivity contribution in [1.29, 1.82) is 0 Å². The van der Waals surface area contributed by atoms with E-state index in [1.54, 1.807) is 0 Å². The number of aromatic nitrogens is 2. The average molecular weight is 191 g/mol. The SMILES string of the molecule is Cc1c(N)n[nH]c1C1CCCC12CC2. The van der Waals surface area contributed by atoms with Gasteiger partial charge >= 0.3 is 0 Å². The van der Waals surface area contributed by atoms with Crippen molar-refractivity contribution in [2.24, 2.45) is 5.41 Å². The first-order valence-electron chi connectivity index (χ1n) is 5.53. The van der Waals surface area contributed by atoms with E-state index in [0.717, 1.165) is 0 Å². The molecule has 0 saturated heterocycles. The maximum absolute atomic E-state index is 5.77. The molecule has 0 amide bonds. The van der Waals surface area contributed by atoms with Crippen LogP contribution in [0.1, 0.15) is 49.3 Å². The first-order valence-corrected chi connectivity index (χ1v) is 5.53. The van der Waals surface area contributed by atoms with Crippen LogP contribution >= 0.6 is 0 Å². The van der Waals surface area contributed by atoms with Gasteiger partial charge in [0, 0.05) is 17.2 Å². The lowest BCUT2D eigenvalue weighted by molar-refractivity contribution is 0.454. The maximum Gasteiger partial charge on any atom is 0.148 e. The summed E-state index contributed by atoms with van der Waals surface area (Å²) in [6.07, 6.45) is 6.94. The van der Waals surface area contributed by atoms with Gasteiger partial charge in [-0.2, -0.15) is 5.10 Å². The zero-order valence-corrected chi connectivity index (χ0v) is 8.64. The van der Waals surface area contributed by atoms with Crippen LogP contribution in [0.25, 0.3) is 0 Å². The minimum Gasteiger partial charge on any atom is -0.382 e. The van der Waals surface area contributed by atoms with Gasteiger partial charge in [0.2, 0.25) is 0 Å². The number of H-pyrrole nitrogens is 1. The summed E-state index contributed by atoms with van der Waals surface area (Å²) < 4.78 is 0. The predicted molar refractivity (Wildman–Crippen MR) is 56.0 cm³/mol. The van der Waals surface area contributed by atoms with Gasteiger partial charge in [0.05, 0.1) is 0 Å². The van der Waals surface area contributed by atoms with Gasteiger partial charge in [-0.05, 0) is 38.0 Å². The highest BCUT2D eigenvalue weighted by molar-refractivity contribution is 5.43. The Morgan fingerprint density at radius 1 is 1.43 bits per heavy atom. The summed E-state index contributed by atoms with van der Waals surface area (Å²) >= 11 is 0. The van der Waals surface area contributed by atoms with Gasteiger partial charge in [-0.25, -0.2) is 0 Å². The van der Waals surface area contributed by atoms with E-state index in [9.17, 15) is 0 Å². The molecule has 0 radical (unpaired) electrons. The Kier molecular flexibility index (Phi) is 1.50. The summed E-state index contributed by atoms with van der Waals surface area (Å²) in [5, 5.41) is 7.24. The van der Waals surface area contributed by atoms with Crippen LogP contribution in [-0.4, -0.2) is 10.2 Å². The first-order chi connectivity index (χ1) is 6.73. The summed E-state index contributed by atoms with van der Waals surface area (Å²) in [5.74, 6) is 1.40. The number of nitrogen functional groups attached to an aromatic ring is 1. The van der Waals surface area contributed by atoms with E-state index in [-0.39, 0.29) is 0 Å². The van der Waals surface area contributed by atoms with E-state index < -0.39 is 0 Å². The zero-order chi connectivity index (χ0) is 9.76. The number of hydrogen-bond donors (Lipinski definition) is 2. The molecule has 2 fully saturated rings. The van der Waals surface area contributed by atoms with E-state index in [0.29, 0.717) is 17.2 Å². The third-order valence-electron chi connectivity index (χ3n) is 4.23. The Morgan fingerprint density at radius 3 is 2.79 bits per heavy atom. The molecule has 3 nitrogen and oxygen atoms in total. The highest BCUT2D eigenvalue weighted by Gasteiger charge is 2.53. The second kappa shape index (κ2) is 2.53. The number of anilines is 1. The second-order valence-electron chi connectivity index (χ2n) is 4.95. The normalized spacial score (nSPS) is 28.5. The van der Waals surface area contributed by atoms with Crippen molar-refractivity contribution < 1.29 is 0 Å². The monoisotopic (exact) mass is 191 g/mol. The van der Waals surface area contributed by atoms with Gasteiger partial charge in [0.1, 0.15) is 5.82 Å². The van der Waals surface area contributed by atoms with E-state index in [4.69, 9.17) is 5.73 Å². The molecule has 1 heterocycles. The number of nitrogens with zero attached hydrogens (tertiary/aromatic N) is 1. The predicted octanol–water partition coefficient (Wildman–Crippen LogP) is 2.35. The Labute approximate surface area is 84.1 Å². The highest BCUT2D eigenvalue weighted by Crippen LogP contribution is 2.65. The fourth-order valence-corrected chi connectivity index (χ4v) is 3.11. The molecule has 0 aliphatic heterocycles. The van der Waals surface area contributed by atoms with Crippen LogP contribution in [-0.2, 0) is 0 Å². The minimum atomic E-state index is 0.643. The molecule has 2 aliphatic rings. The Bertz CT molecular complexity index is 363. The molecule has 1 atom stereocenters. The molecule has 0 bridgehead atoms. The van der Waals surface area contributed by atoms with Crippen molar-refractivity contribution in [2.75, 3.05) is 5.73 Å². The molecule has 1 spiro atoms. The molecule has 2 saturated carbocycles. The van der Waals surface area contributed by atoms with Gasteiger partial charge < -0.3 is 5.73 Å². The Morgan fingerprint density at radius 2 is 2.21 bits per heavy atom. The lowest BCUT2D eigenvalue weighted by Gasteiger charge is -2.17. The number of rotatable bonds is 1. The fraction of sp³-hybridized carbons (Fsp3) is 0.727. The topological polar surface area (TPSA) is 54.7 Å². The molecule has 1 aromatic heterocycles. The second-order valence-corrected chi connectivity index (χ2v) is 4.95. The number of nitrogens with one attached hydrogen (secondary N) is 1. The van der Waals surface area contributed by atoms with E-state index >= 15 is 0 Å². The quantitative estimate of drug-likeness (QED) is 0.716. The summed E-state index contributed by atoms with van der Waals surface area (Å²) in [7, 11) is 0. The van der Waals surface area contributed by atoms with Crippen LogP contribution < -0.4 is 5.73 Å². The lowest BCUT2D eigenvalue weighted by Crippen LogP contribution is -2.08. The summed E-state index contributed by atoms with van der Waals surface area (Å²) in [6, 6.07) is 0. The van der Waals surface area contributed by atoms with E-state index in [1.807, 2.05) is 0 Å². The number of hydrogen-bond acceptors (Lipinski definition) is 2. The summed E-state index contributed by atoms with van der Waals surface area (Å²) in [4.78, 5) is 0. The fourth-order valence-electron chi connectivity index (χ4n) is 3.11. The smallest absolute Gasteiger partial charge is 0.148 e. The van der Waals surface area contributed by atoms with Gasteiger partial charge in [-0.15, -0.1) is 0 Å². The van der Waals surface area contributed by atoms with Gasteiger partial charge in [0.15, 0.2) is 0 Å². The van der Waals surface area contributed by atoms with Crippen molar-refractivity contribution in [2.45, 2.75) is 44.9 Å². The maximum atomic E-state index is 5.77. The van der Waals surface area contributed by atoms with E-state index in [1.165, 1.54) is 43.4 Å². The first kappa shape index (κ1) is 8.33. The standard InChI is InChI=1S/C11H17N3/c1-7-9(13-14-10(7)12)8-3-2-4-11(8)5-6-11/h8H,2-6H2,1H3,(H3,12,13,14). The number of aromatic amines is 1. The molecule has 3 rings (SSSR count). The van der Waals surface area contributed by atoms with Crippen LogP contribution in [0.3, 0.4) is 0 Å². The Hall–Kier alpha value is -0.990. The van der Waals surface area contributed by atoms with Gasteiger partial charge in [-0.3, -0.25) is 5.10 Å². The van der Waals surface area contributed by atoms with Crippen LogP contribution in [0.5, 0.6) is 0 Å². The van der Waals surface area contributed by atoms with Gasteiger partial charge in [-0.1, -0.05) is 6.42 Å². The van der Waals surface area contributed by atoms with Crippen molar-refractivity contribution in [3.63, 3.8) is 0 Å². The average Bonchev–Trinajstić information content (AvgIpc) is 2.71. The molecule has 3 N–H and O–H groups in total. The number of nitrogens with two attached hydrogens (primary N) is 1. The third kappa shape index (κ3) is 0.954. The Balaban J connectivity index is 1.98. The molecular weight excluding hydrogens is 174 g/mol. The molecule has 3 heteroatoms. The summed E-state index contributed by atoms with van der Waals surface area (Å²) in [6.45, 7) is 2.09. The van der Waals surface area contributed by atoms with E-state index in [2.05, 4.69) is 17.1 Å². The summed E-state index contributed by atoms with van der Waals surface area (Å²) in [5.41, 5.74) is 8.92. The third-order valence-corrected chi connectivity index (χ3v) is 4.23. The van der Waals surface area contributed by atoms with Crippen molar-refractivity contribution >= 4 is 5.82 Å². The van der Waals surface area contributed by atoms with Gasteiger partial charge in [0.25, 0.3) is 0 Å². The highest BCUT2D eigenvalue weighted by atomic mass is 15.2. The largest absolute Gasteiger partial charge is 0.382 e. The molecule has 0 aromatic carbocycles. The molecule has 2 aliphatic carbocycles. The van der Waals surface area contributed by atoms with Crippen molar-refractivity contribution in [3.8, 4) is 0 Å². The van der Waals surface area contributed by atoms with Crippen LogP contribution in [0.15, 0.2) is 0 Å².